The van der Waals surface area contributed by atoms with Gasteiger partial charge in [0.1, 0.15) is 0 Å². The summed E-state index contributed by atoms with van der Waals surface area (Å²) in [5.74, 6) is 0.290. The van der Waals surface area contributed by atoms with E-state index in [-0.39, 0.29) is 24.3 Å². The van der Waals surface area contributed by atoms with Gasteiger partial charge in [0, 0.05) is 36.3 Å². The number of nitrogen functional groups attached to an aromatic ring is 1. The molecule has 1 saturated heterocycles. The number of anilines is 1. The van der Waals surface area contributed by atoms with Gasteiger partial charge in [-0.25, -0.2) is 9.97 Å². The molecule has 1 aliphatic heterocycles. The predicted octanol–water partition coefficient (Wildman–Crippen LogP) is 2.87. The van der Waals surface area contributed by atoms with E-state index in [2.05, 4.69) is 15.0 Å². The molecule has 4 rings (SSSR count). The summed E-state index contributed by atoms with van der Waals surface area (Å²) in [5.41, 5.74) is 7.37. The molecule has 0 aromatic carbocycles. The van der Waals surface area contributed by atoms with Crippen molar-refractivity contribution in [3.8, 4) is 11.1 Å². The maximum absolute atomic E-state index is 12.9. The minimum atomic E-state index is -0.824. The van der Waals surface area contributed by atoms with E-state index in [1.165, 1.54) is 0 Å². The van der Waals surface area contributed by atoms with Crippen LogP contribution in [0.1, 0.15) is 63.1 Å². The van der Waals surface area contributed by atoms with Gasteiger partial charge >= 0.3 is 0 Å². The second-order valence-corrected chi connectivity index (χ2v) is 8.01. The normalized spacial score (nSPS) is 21.6. The van der Waals surface area contributed by atoms with Crippen LogP contribution in [-0.4, -0.2) is 43.0 Å². The summed E-state index contributed by atoms with van der Waals surface area (Å²) in [5, 5.41) is 10.8. The molecule has 2 aliphatic rings. The fraction of sp³-hybridized carbons (Fsp3) is 0.524. The standard InChI is InChI=1S/C21H27N5O2/c22-20-24-13-16(14-25-20)15-6-7-17(23-12-15)18-5-4-10-26(18)19(27)11-21(28)8-2-1-3-9-21/h6-7,12-14,18,28H,1-5,8-11H2,(H2,22,24,25). The Morgan fingerprint density at radius 1 is 1.07 bits per heavy atom. The molecule has 148 valence electrons. The minimum Gasteiger partial charge on any atom is -0.389 e. The molecule has 7 heteroatoms. The van der Waals surface area contributed by atoms with Crippen molar-refractivity contribution in [3.05, 3.63) is 36.4 Å². The van der Waals surface area contributed by atoms with Gasteiger partial charge in [-0.05, 0) is 31.7 Å². The molecule has 3 heterocycles. The smallest absolute Gasteiger partial charge is 0.226 e. The Balaban J connectivity index is 1.47. The second-order valence-electron chi connectivity index (χ2n) is 8.01. The van der Waals surface area contributed by atoms with E-state index < -0.39 is 5.60 Å². The Bertz CT molecular complexity index is 816. The van der Waals surface area contributed by atoms with Gasteiger partial charge < -0.3 is 15.7 Å². The lowest BCUT2D eigenvalue weighted by molar-refractivity contribution is -0.138. The number of aromatic nitrogens is 3. The van der Waals surface area contributed by atoms with Crippen LogP contribution in [0.25, 0.3) is 11.1 Å². The molecule has 1 atom stereocenters. The van der Waals surface area contributed by atoms with E-state index >= 15 is 0 Å². The highest BCUT2D eigenvalue weighted by atomic mass is 16.3. The summed E-state index contributed by atoms with van der Waals surface area (Å²) in [7, 11) is 0. The average Bonchev–Trinajstić information content (AvgIpc) is 3.19. The Kier molecular flexibility index (Phi) is 5.26. The van der Waals surface area contributed by atoms with Crippen molar-refractivity contribution in [1.82, 2.24) is 19.9 Å². The summed E-state index contributed by atoms with van der Waals surface area (Å²) < 4.78 is 0. The van der Waals surface area contributed by atoms with Crippen LogP contribution < -0.4 is 5.73 Å². The monoisotopic (exact) mass is 381 g/mol. The number of aliphatic hydroxyl groups is 1. The molecule has 28 heavy (non-hydrogen) atoms. The van der Waals surface area contributed by atoms with Gasteiger partial charge in [-0.3, -0.25) is 9.78 Å². The highest BCUT2D eigenvalue weighted by Gasteiger charge is 2.37. The third-order valence-corrected chi connectivity index (χ3v) is 5.97. The van der Waals surface area contributed by atoms with Gasteiger partial charge in [-0.1, -0.05) is 25.3 Å². The molecule has 1 amide bonds. The first-order valence-electron chi connectivity index (χ1n) is 10.1. The number of amides is 1. The number of rotatable bonds is 4. The van der Waals surface area contributed by atoms with Crippen LogP contribution in [0.2, 0.25) is 0 Å². The van der Waals surface area contributed by atoms with E-state index in [0.717, 1.165) is 68.3 Å². The fourth-order valence-corrected chi connectivity index (χ4v) is 4.40. The van der Waals surface area contributed by atoms with Crippen molar-refractivity contribution in [2.75, 3.05) is 12.3 Å². The molecule has 7 nitrogen and oxygen atoms in total. The fourth-order valence-electron chi connectivity index (χ4n) is 4.40. The number of nitrogens with zero attached hydrogens (tertiary/aromatic N) is 4. The zero-order valence-corrected chi connectivity index (χ0v) is 16.0. The molecule has 1 aliphatic carbocycles. The van der Waals surface area contributed by atoms with Crippen molar-refractivity contribution in [1.29, 1.82) is 0 Å². The number of hydrogen-bond donors (Lipinski definition) is 2. The van der Waals surface area contributed by atoms with Gasteiger partial charge in [0.2, 0.25) is 11.9 Å². The minimum absolute atomic E-state index is 0.0172. The zero-order valence-electron chi connectivity index (χ0n) is 16.0. The van der Waals surface area contributed by atoms with Crippen molar-refractivity contribution in [2.45, 2.75) is 63.0 Å². The van der Waals surface area contributed by atoms with Crippen LogP contribution in [0.15, 0.2) is 30.7 Å². The zero-order chi connectivity index (χ0) is 19.6. The molecule has 0 bridgehead atoms. The first kappa shape index (κ1) is 18.8. The van der Waals surface area contributed by atoms with Crippen LogP contribution in [0.5, 0.6) is 0 Å². The predicted molar refractivity (Wildman–Crippen MR) is 106 cm³/mol. The molecule has 2 aromatic rings. The SMILES string of the molecule is Nc1ncc(-c2ccc(C3CCCN3C(=O)CC3(O)CCCCC3)nc2)cn1. The summed E-state index contributed by atoms with van der Waals surface area (Å²) in [4.78, 5) is 27.5. The summed E-state index contributed by atoms with van der Waals surface area (Å²) in [6.45, 7) is 0.731. The molecular formula is C21H27N5O2. The van der Waals surface area contributed by atoms with Gasteiger partial charge in [-0.15, -0.1) is 0 Å². The molecule has 0 radical (unpaired) electrons. The number of carbonyl (C=O) groups is 1. The third-order valence-electron chi connectivity index (χ3n) is 5.97. The quantitative estimate of drug-likeness (QED) is 0.844. The van der Waals surface area contributed by atoms with Crippen LogP contribution in [0, 0.1) is 0 Å². The largest absolute Gasteiger partial charge is 0.389 e. The van der Waals surface area contributed by atoms with E-state index in [4.69, 9.17) is 5.73 Å². The van der Waals surface area contributed by atoms with Gasteiger partial charge in [0.05, 0.1) is 23.8 Å². The third kappa shape index (κ3) is 3.99. The van der Waals surface area contributed by atoms with Crippen molar-refractivity contribution in [3.63, 3.8) is 0 Å². The highest BCUT2D eigenvalue weighted by molar-refractivity contribution is 5.78. The van der Waals surface area contributed by atoms with Crippen LogP contribution in [-0.2, 0) is 4.79 Å². The maximum atomic E-state index is 12.9. The first-order valence-corrected chi connectivity index (χ1v) is 10.1. The number of hydrogen-bond acceptors (Lipinski definition) is 6. The number of nitrogens with two attached hydrogens (primary N) is 1. The van der Waals surface area contributed by atoms with Gasteiger partial charge in [-0.2, -0.15) is 0 Å². The van der Waals surface area contributed by atoms with Crippen molar-refractivity contribution < 1.29 is 9.90 Å². The molecule has 3 N–H and O–H groups in total. The van der Waals surface area contributed by atoms with E-state index in [1.807, 2.05) is 17.0 Å². The van der Waals surface area contributed by atoms with Crippen LogP contribution in [0.4, 0.5) is 5.95 Å². The molecule has 2 fully saturated rings. The van der Waals surface area contributed by atoms with Gasteiger partial charge in [0.15, 0.2) is 0 Å². The Hall–Kier alpha value is -2.54. The van der Waals surface area contributed by atoms with Crippen molar-refractivity contribution in [2.24, 2.45) is 0 Å². The maximum Gasteiger partial charge on any atom is 0.226 e. The Morgan fingerprint density at radius 3 is 2.46 bits per heavy atom. The number of pyridine rings is 1. The molecule has 0 spiro atoms. The topological polar surface area (TPSA) is 105 Å². The Labute approximate surface area is 165 Å². The summed E-state index contributed by atoms with van der Waals surface area (Å²) in [6, 6.07) is 3.93. The Morgan fingerprint density at radius 2 is 1.79 bits per heavy atom. The van der Waals surface area contributed by atoms with E-state index in [1.54, 1.807) is 18.6 Å². The lowest BCUT2D eigenvalue weighted by Crippen LogP contribution is -2.40. The van der Waals surface area contributed by atoms with Crippen LogP contribution in [0.3, 0.4) is 0 Å². The summed E-state index contributed by atoms with van der Waals surface area (Å²) in [6.07, 6.45) is 11.9. The van der Waals surface area contributed by atoms with E-state index in [9.17, 15) is 9.90 Å². The lowest BCUT2D eigenvalue weighted by Gasteiger charge is -2.34. The van der Waals surface area contributed by atoms with Crippen molar-refractivity contribution >= 4 is 11.9 Å². The molecule has 2 aromatic heterocycles. The highest BCUT2D eigenvalue weighted by Crippen LogP contribution is 2.36. The number of likely N-dealkylation sites (tertiary alicyclic amines) is 1. The lowest BCUT2D eigenvalue weighted by atomic mass is 9.82. The number of carbonyl (C=O) groups excluding carboxylic acids is 1. The molecule has 1 unspecified atom stereocenters. The summed E-state index contributed by atoms with van der Waals surface area (Å²) >= 11 is 0. The van der Waals surface area contributed by atoms with E-state index in [0.29, 0.717) is 0 Å². The van der Waals surface area contributed by atoms with Gasteiger partial charge in [0.25, 0.3) is 0 Å². The molecule has 1 saturated carbocycles. The van der Waals surface area contributed by atoms with Crippen LogP contribution >= 0.6 is 0 Å². The molecular weight excluding hydrogens is 354 g/mol. The second kappa shape index (κ2) is 7.83. The first-order chi connectivity index (χ1) is 13.5. The average molecular weight is 381 g/mol.